The molecule has 0 saturated heterocycles. The van der Waals surface area contributed by atoms with E-state index in [1.165, 1.54) is 14.0 Å². The third-order valence-electron chi connectivity index (χ3n) is 2.35. The zero-order chi connectivity index (χ0) is 12.8. The van der Waals surface area contributed by atoms with Crippen LogP contribution in [0.5, 0.6) is 0 Å². The summed E-state index contributed by atoms with van der Waals surface area (Å²) in [6.07, 6.45) is 3.22. The molecule has 8 heteroatoms. The number of nitrogens with zero attached hydrogens (tertiary/aromatic N) is 4. The van der Waals surface area contributed by atoms with Crippen LogP contribution in [0.15, 0.2) is 12.4 Å². The number of likely N-dealkylation sites (N-methyl/N-ethyl adjacent to an activating group) is 1. The molecule has 0 radical (unpaired) electrons. The SMILES string of the molecule is CC(C(=O)O)N(C)C(=O)NCCn1ccnn1. The maximum absolute atomic E-state index is 11.5. The Hall–Kier alpha value is -2.12. The van der Waals surface area contributed by atoms with Crippen LogP contribution in [-0.4, -0.2) is 56.6 Å². The minimum Gasteiger partial charge on any atom is -0.480 e. The first-order valence-electron chi connectivity index (χ1n) is 5.10. The van der Waals surface area contributed by atoms with Crippen molar-refractivity contribution < 1.29 is 14.7 Å². The Morgan fingerprint density at radius 3 is 2.82 bits per heavy atom. The lowest BCUT2D eigenvalue weighted by Crippen LogP contribution is -2.46. The summed E-state index contributed by atoms with van der Waals surface area (Å²) >= 11 is 0. The molecule has 1 aromatic rings. The van der Waals surface area contributed by atoms with Gasteiger partial charge >= 0.3 is 12.0 Å². The molecule has 0 aliphatic rings. The topological polar surface area (TPSA) is 100 Å². The van der Waals surface area contributed by atoms with Gasteiger partial charge in [0.2, 0.25) is 0 Å². The minimum atomic E-state index is -1.04. The minimum absolute atomic E-state index is 0.360. The van der Waals surface area contributed by atoms with Gasteiger partial charge in [-0.2, -0.15) is 0 Å². The number of carbonyl (C=O) groups is 2. The number of carboxylic acids is 1. The number of urea groups is 1. The van der Waals surface area contributed by atoms with Crippen molar-refractivity contribution >= 4 is 12.0 Å². The van der Waals surface area contributed by atoms with Crippen LogP contribution in [0.3, 0.4) is 0 Å². The van der Waals surface area contributed by atoms with E-state index >= 15 is 0 Å². The van der Waals surface area contributed by atoms with Crippen molar-refractivity contribution in [3.05, 3.63) is 12.4 Å². The predicted octanol–water partition coefficient (Wildman–Crippen LogP) is -0.607. The molecule has 17 heavy (non-hydrogen) atoms. The van der Waals surface area contributed by atoms with Crippen LogP contribution >= 0.6 is 0 Å². The van der Waals surface area contributed by atoms with Gasteiger partial charge in [0, 0.05) is 19.8 Å². The molecule has 1 unspecified atom stereocenters. The molecule has 8 nitrogen and oxygen atoms in total. The van der Waals surface area contributed by atoms with Gasteiger partial charge in [-0.15, -0.1) is 5.10 Å². The van der Waals surface area contributed by atoms with Gasteiger partial charge in [-0.05, 0) is 6.92 Å². The fourth-order valence-corrected chi connectivity index (χ4v) is 1.10. The van der Waals surface area contributed by atoms with Crippen molar-refractivity contribution in [1.82, 2.24) is 25.2 Å². The van der Waals surface area contributed by atoms with Crippen molar-refractivity contribution in [1.29, 1.82) is 0 Å². The summed E-state index contributed by atoms with van der Waals surface area (Å²) in [4.78, 5) is 23.3. The number of aliphatic carboxylic acids is 1. The van der Waals surface area contributed by atoms with E-state index in [0.717, 1.165) is 4.90 Å². The monoisotopic (exact) mass is 241 g/mol. The lowest BCUT2D eigenvalue weighted by molar-refractivity contribution is -0.141. The molecule has 94 valence electrons. The second-order valence-corrected chi connectivity index (χ2v) is 3.52. The van der Waals surface area contributed by atoms with Crippen LogP contribution in [0.1, 0.15) is 6.92 Å². The van der Waals surface area contributed by atoms with E-state index < -0.39 is 18.0 Å². The standard InChI is InChI=1S/C9H15N5O3/c1-7(8(15)16)13(2)9(17)10-3-5-14-6-4-11-12-14/h4,6-7H,3,5H2,1-2H3,(H,10,17)(H,15,16). The maximum Gasteiger partial charge on any atom is 0.326 e. The molecule has 0 bridgehead atoms. The average Bonchev–Trinajstić information content (AvgIpc) is 2.79. The number of aromatic nitrogens is 3. The highest BCUT2D eigenvalue weighted by atomic mass is 16.4. The highest BCUT2D eigenvalue weighted by Gasteiger charge is 2.20. The molecule has 0 saturated carbocycles. The smallest absolute Gasteiger partial charge is 0.326 e. The highest BCUT2D eigenvalue weighted by molar-refractivity contribution is 5.82. The molecule has 1 rings (SSSR count). The lowest BCUT2D eigenvalue weighted by atomic mass is 10.3. The van der Waals surface area contributed by atoms with Crippen molar-refractivity contribution in [2.75, 3.05) is 13.6 Å². The molecule has 0 aliphatic heterocycles. The Kier molecular flexibility index (Phi) is 4.44. The first-order valence-corrected chi connectivity index (χ1v) is 5.10. The Morgan fingerprint density at radius 2 is 2.29 bits per heavy atom. The summed E-state index contributed by atoms with van der Waals surface area (Å²) in [6, 6.07) is -1.29. The molecule has 2 N–H and O–H groups in total. The van der Waals surface area contributed by atoms with E-state index in [1.807, 2.05) is 0 Å². The number of rotatable bonds is 5. The Balaban J connectivity index is 2.32. The zero-order valence-electron chi connectivity index (χ0n) is 9.70. The molecule has 1 heterocycles. The van der Waals surface area contributed by atoms with Gasteiger partial charge < -0.3 is 15.3 Å². The van der Waals surface area contributed by atoms with Gasteiger partial charge in [-0.1, -0.05) is 5.21 Å². The summed E-state index contributed by atoms with van der Waals surface area (Å²) in [5.74, 6) is -1.04. The Bertz CT molecular complexity index is 378. The molecule has 2 amide bonds. The normalized spacial score (nSPS) is 11.9. The Labute approximate surface area is 98.2 Å². The summed E-state index contributed by atoms with van der Waals surface area (Å²) in [6.45, 7) is 2.29. The van der Waals surface area contributed by atoms with Crippen LogP contribution in [0.4, 0.5) is 4.79 Å². The van der Waals surface area contributed by atoms with Crippen molar-refractivity contribution in [3.63, 3.8) is 0 Å². The number of amides is 2. The molecule has 1 atom stereocenters. The number of hydrogen-bond donors (Lipinski definition) is 2. The number of hydrogen-bond acceptors (Lipinski definition) is 4. The predicted molar refractivity (Wildman–Crippen MR) is 58.3 cm³/mol. The zero-order valence-corrected chi connectivity index (χ0v) is 9.70. The van der Waals surface area contributed by atoms with Crippen LogP contribution in [0.2, 0.25) is 0 Å². The van der Waals surface area contributed by atoms with E-state index in [1.54, 1.807) is 17.1 Å². The summed E-state index contributed by atoms with van der Waals surface area (Å²) in [5, 5.41) is 18.7. The van der Waals surface area contributed by atoms with Gasteiger partial charge in [-0.3, -0.25) is 4.68 Å². The van der Waals surface area contributed by atoms with E-state index in [2.05, 4.69) is 15.6 Å². The molecule has 0 fully saturated rings. The van der Waals surface area contributed by atoms with Crippen molar-refractivity contribution in [3.8, 4) is 0 Å². The second-order valence-electron chi connectivity index (χ2n) is 3.52. The first kappa shape index (κ1) is 12.9. The molecule has 0 aromatic carbocycles. The first-order chi connectivity index (χ1) is 8.02. The average molecular weight is 241 g/mol. The fourth-order valence-electron chi connectivity index (χ4n) is 1.10. The molecule has 0 aliphatic carbocycles. The maximum atomic E-state index is 11.5. The van der Waals surface area contributed by atoms with Gasteiger partial charge in [0.25, 0.3) is 0 Å². The molecule has 0 spiro atoms. The lowest BCUT2D eigenvalue weighted by Gasteiger charge is -2.21. The number of carbonyl (C=O) groups excluding carboxylic acids is 1. The molecular weight excluding hydrogens is 226 g/mol. The van der Waals surface area contributed by atoms with Crippen molar-refractivity contribution in [2.45, 2.75) is 19.5 Å². The van der Waals surface area contributed by atoms with Crippen LogP contribution in [0.25, 0.3) is 0 Å². The summed E-state index contributed by atoms with van der Waals surface area (Å²) in [7, 11) is 1.43. The van der Waals surface area contributed by atoms with Gasteiger partial charge in [-0.25, -0.2) is 9.59 Å². The second kappa shape index (κ2) is 5.83. The van der Waals surface area contributed by atoms with E-state index in [9.17, 15) is 9.59 Å². The quantitative estimate of drug-likeness (QED) is 0.716. The van der Waals surface area contributed by atoms with Gasteiger partial charge in [0.15, 0.2) is 0 Å². The Morgan fingerprint density at radius 1 is 1.59 bits per heavy atom. The van der Waals surface area contributed by atoms with Crippen LogP contribution in [-0.2, 0) is 11.3 Å². The van der Waals surface area contributed by atoms with Crippen molar-refractivity contribution in [2.24, 2.45) is 0 Å². The fraction of sp³-hybridized carbons (Fsp3) is 0.556. The number of nitrogens with one attached hydrogen (secondary N) is 1. The third kappa shape index (κ3) is 3.74. The summed E-state index contributed by atoms with van der Waals surface area (Å²) in [5.41, 5.74) is 0. The van der Waals surface area contributed by atoms with Crippen LogP contribution < -0.4 is 5.32 Å². The third-order valence-corrected chi connectivity index (χ3v) is 2.35. The van der Waals surface area contributed by atoms with Gasteiger partial charge in [0.1, 0.15) is 6.04 Å². The van der Waals surface area contributed by atoms with Gasteiger partial charge in [0.05, 0.1) is 12.7 Å². The molecular formula is C9H15N5O3. The largest absolute Gasteiger partial charge is 0.480 e. The van der Waals surface area contributed by atoms with E-state index in [-0.39, 0.29) is 0 Å². The summed E-state index contributed by atoms with van der Waals surface area (Å²) < 4.78 is 1.57. The molecule has 1 aromatic heterocycles. The van der Waals surface area contributed by atoms with Crippen LogP contribution in [0, 0.1) is 0 Å². The number of carboxylic acid groups (broad SMARTS) is 1. The van der Waals surface area contributed by atoms with E-state index in [4.69, 9.17) is 5.11 Å². The highest BCUT2D eigenvalue weighted by Crippen LogP contribution is 1.95. The van der Waals surface area contributed by atoms with E-state index in [0.29, 0.717) is 13.1 Å².